The number of likely N-dealkylation sites (tertiary alicyclic amines) is 1. The van der Waals surface area contributed by atoms with Crippen LogP contribution < -0.4 is 5.32 Å². The number of Topliss-reactive ketones (excluding diaryl/α,β-unsaturated/α-hetero) is 1. The molecule has 38 heavy (non-hydrogen) atoms. The molecular formula is C29H38N6O3. The van der Waals surface area contributed by atoms with Crippen molar-refractivity contribution in [1.29, 1.82) is 0 Å². The summed E-state index contributed by atoms with van der Waals surface area (Å²) in [4.78, 5) is 49.7. The number of hydrogen-bond acceptors (Lipinski definition) is 6. The van der Waals surface area contributed by atoms with Gasteiger partial charge in [-0.2, -0.15) is 5.10 Å². The third-order valence-corrected chi connectivity index (χ3v) is 7.47. The molecular weight excluding hydrogens is 480 g/mol. The maximum absolute atomic E-state index is 13.8. The molecule has 0 aliphatic carbocycles. The van der Waals surface area contributed by atoms with Crippen LogP contribution in [0, 0.1) is 17.8 Å². The smallest absolute Gasteiger partial charge is 0.245 e. The average molecular weight is 519 g/mol. The molecule has 2 atom stereocenters. The van der Waals surface area contributed by atoms with Gasteiger partial charge in [0, 0.05) is 42.9 Å². The van der Waals surface area contributed by atoms with Gasteiger partial charge in [-0.15, -0.1) is 0 Å². The van der Waals surface area contributed by atoms with Crippen molar-refractivity contribution >= 4 is 28.5 Å². The Balaban J connectivity index is 1.66. The number of fused-ring (bicyclic) bond motifs is 1. The molecule has 3 heterocycles. The Morgan fingerprint density at radius 3 is 2.37 bits per heavy atom. The zero-order valence-corrected chi connectivity index (χ0v) is 23.6. The SMILES string of the molecule is CC(=O)c1nn(CC(=O)N2[C@H](C(=O)NCC(C)(C)C)CC(C)(C)[C@H]2C)c2ccc(-c3cnc(C)nc3)cc12. The number of benzene rings is 1. The van der Waals surface area contributed by atoms with Gasteiger partial charge >= 0.3 is 0 Å². The fourth-order valence-electron chi connectivity index (χ4n) is 4.98. The number of carbonyl (C=O) groups is 3. The van der Waals surface area contributed by atoms with Crippen molar-refractivity contribution in [2.45, 2.75) is 80.4 Å². The van der Waals surface area contributed by atoms with E-state index in [2.05, 4.69) is 55.0 Å². The summed E-state index contributed by atoms with van der Waals surface area (Å²) in [5.74, 6) is 0.156. The van der Waals surface area contributed by atoms with E-state index in [1.807, 2.05) is 32.0 Å². The topological polar surface area (TPSA) is 110 Å². The monoisotopic (exact) mass is 518 g/mol. The van der Waals surface area contributed by atoms with Gasteiger partial charge in [0.1, 0.15) is 24.1 Å². The van der Waals surface area contributed by atoms with Crippen molar-refractivity contribution in [2.75, 3.05) is 6.54 Å². The van der Waals surface area contributed by atoms with Crippen molar-refractivity contribution in [3.63, 3.8) is 0 Å². The van der Waals surface area contributed by atoms with Crippen LogP contribution in [0.4, 0.5) is 0 Å². The molecule has 9 heteroatoms. The number of nitrogens with one attached hydrogen (secondary N) is 1. The molecule has 2 amide bonds. The van der Waals surface area contributed by atoms with Gasteiger partial charge in [0.25, 0.3) is 0 Å². The highest BCUT2D eigenvalue weighted by molar-refractivity contribution is 6.06. The van der Waals surface area contributed by atoms with Crippen LogP contribution in [0.25, 0.3) is 22.0 Å². The number of aromatic nitrogens is 4. The maximum atomic E-state index is 13.8. The van der Waals surface area contributed by atoms with Gasteiger partial charge in [-0.05, 0) is 48.8 Å². The molecule has 4 rings (SSSR count). The van der Waals surface area contributed by atoms with Crippen molar-refractivity contribution < 1.29 is 14.4 Å². The van der Waals surface area contributed by atoms with Crippen LogP contribution in [0.1, 0.15) is 71.2 Å². The molecule has 0 spiro atoms. The molecule has 1 N–H and O–H groups in total. The molecule has 0 bridgehead atoms. The summed E-state index contributed by atoms with van der Waals surface area (Å²) < 4.78 is 1.58. The molecule has 1 aliphatic heterocycles. The number of ketones is 1. The van der Waals surface area contributed by atoms with Gasteiger partial charge in [-0.1, -0.05) is 40.7 Å². The lowest BCUT2D eigenvalue weighted by molar-refractivity contribution is -0.141. The third-order valence-electron chi connectivity index (χ3n) is 7.47. The first kappa shape index (κ1) is 27.4. The van der Waals surface area contributed by atoms with Crippen molar-refractivity contribution in [3.8, 4) is 11.1 Å². The number of amides is 2. The Labute approximate surface area is 224 Å². The van der Waals surface area contributed by atoms with E-state index in [-0.39, 0.29) is 41.0 Å². The van der Waals surface area contributed by atoms with Crippen LogP contribution in [-0.4, -0.2) is 60.9 Å². The van der Waals surface area contributed by atoms with E-state index in [9.17, 15) is 14.4 Å². The second-order valence-electron chi connectivity index (χ2n) is 12.3. The number of carbonyl (C=O) groups excluding carboxylic acids is 3. The van der Waals surface area contributed by atoms with Gasteiger partial charge in [-0.3, -0.25) is 19.1 Å². The van der Waals surface area contributed by atoms with E-state index in [1.54, 1.807) is 22.0 Å². The Morgan fingerprint density at radius 2 is 1.76 bits per heavy atom. The minimum atomic E-state index is -0.558. The second-order valence-corrected chi connectivity index (χ2v) is 12.3. The number of rotatable bonds is 6. The van der Waals surface area contributed by atoms with Crippen LogP contribution in [0.5, 0.6) is 0 Å². The van der Waals surface area contributed by atoms with Gasteiger partial charge < -0.3 is 10.2 Å². The van der Waals surface area contributed by atoms with E-state index in [1.165, 1.54) is 6.92 Å². The van der Waals surface area contributed by atoms with Crippen molar-refractivity contribution in [1.82, 2.24) is 30.0 Å². The van der Waals surface area contributed by atoms with Gasteiger partial charge in [-0.25, -0.2) is 9.97 Å². The van der Waals surface area contributed by atoms with E-state index in [0.717, 1.165) is 11.1 Å². The minimum absolute atomic E-state index is 0.0646. The molecule has 2 aromatic heterocycles. The largest absolute Gasteiger partial charge is 0.354 e. The van der Waals surface area contributed by atoms with Crippen molar-refractivity contribution in [3.05, 3.63) is 42.1 Å². The van der Waals surface area contributed by atoms with Gasteiger partial charge in [0.2, 0.25) is 11.8 Å². The van der Waals surface area contributed by atoms with E-state index < -0.39 is 6.04 Å². The summed E-state index contributed by atoms with van der Waals surface area (Å²) in [7, 11) is 0. The Hall–Kier alpha value is -3.62. The normalized spacial score (nSPS) is 19.1. The fraction of sp³-hybridized carbons (Fsp3) is 0.517. The average Bonchev–Trinajstić information content (AvgIpc) is 3.31. The quantitative estimate of drug-likeness (QED) is 0.490. The van der Waals surface area contributed by atoms with E-state index >= 15 is 0 Å². The van der Waals surface area contributed by atoms with Crippen LogP contribution in [0.3, 0.4) is 0 Å². The Bertz CT molecular complexity index is 1380. The highest BCUT2D eigenvalue weighted by atomic mass is 16.2. The molecule has 1 fully saturated rings. The fourth-order valence-corrected chi connectivity index (χ4v) is 4.98. The molecule has 0 saturated carbocycles. The molecule has 0 radical (unpaired) electrons. The molecule has 1 saturated heterocycles. The predicted octanol–water partition coefficient (Wildman–Crippen LogP) is 4.18. The lowest BCUT2D eigenvalue weighted by atomic mass is 9.84. The van der Waals surface area contributed by atoms with Crippen LogP contribution in [0.15, 0.2) is 30.6 Å². The van der Waals surface area contributed by atoms with Crippen LogP contribution in [0.2, 0.25) is 0 Å². The van der Waals surface area contributed by atoms with E-state index in [4.69, 9.17) is 0 Å². The lowest BCUT2D eigenvalue weighted by Crippen LogP contribution is -2.50. The van der Waals surface area contributed by atoms with Crippen LogP contribution >= 0.6 is 0 Å². The zero-order chi connectivity index (χ0) is 28.0. The molecule has 0 unspecified atom stereocenters. The lowest BCUT2D eigenvalue weighted by Gasteiger charge is -2.31. The Morgan fingerprint density at radius 1 is 1.11 bits per heavy atom. The second kappa shape index (κ2) is 9.93. The van der Waals surface area contributed by atoms with Crippen molar-refractivity contribution in [2.24, 2.45) is 10.8 Å². The summed E-state index contributed by atoms with van der Waals surface area (Å²) >= 11 is 0. The third kappa shape index (κ3) is 5.47. The summed E-state index contributed by atoms with van der Waals surface area (Å²) in [6.45, 7) is 16.1. The predicted molar refractivity (Wildman–Crippen MR) is 146 cm³/mol. The first-order chi connectivity index (χ1) is 17.7. The summed E-state index contributed by atoms with van der Waals surface area (Å²) in [5.41, 5.74) is 2.38. The zero-order valence-electron chi connectivity index (χ0n) is 23.6. The maximum Gasteiger partial charge on any atom is 0.245 e. The molecule has 3 aromatic rings. The number of aryl methyl sites for hydroxylation is 1. The molecule has 1 aliphatic rings. The first-order valence-corrected chi connectivity index (χ1v) is 13.1. The summed E-state index contributed by atoms with van der Waals surface area (Å²) in [5, 5.41) is 8.24. The van der Waals surface area contributed by atoms with Crippen LogP contribution in [-0.2, 0) is 16.1 Å². The Kier molecular flexibility index (Phi) is 7.16. The molecule has 9 nitrogen and oxygen atoms in total. The standard InChI is InChI=1S/C29H38N6O3/c1-17(36)26-22-11-20(21-13-30-19(3)31-14-21)9-10-23(22)34(33-26)15-25(37)35-18(2)29(7,8)12-24(35)27(38)32-16-28(4,5)6/h9-11,13-14,18,24H,12,15-16H2,1-8H3,(H,32,38)/t18-,24+/m1/s1. The molecule has 1 aromatic carbocycles. The highest BCUT2D eigenvalue weighted by Gasteiger charge is 2.49. The first-order valence-electron chi connectivity index (χ1n) is 13.1. The number of nitrogens with zero attached hydrogens (tertiary/aromatic N) is 5. The minimum Gasteiger partial charge on any atom is -0.354 e. The van der Waals surface area contributed by atoms with E-state index in [0.29, 0.717) is 35.4 Å². The highest BCUT2D eigenvalue weighted by Crippen LogP contribution is 2.40. The van der Waals surface area contributed by atoms with Gasteiger partial charge in [0.05, 0.1) is 5.52 Å². The summed E-state index contributed by atoms with van der Waals surface area (Å²) in [6, 6.07) is 4.97. The number of hydrogen-bond donors (Lipinski definition) is 1. The van der Waals surface area contributed by atoms with Gasteiger partial charge in [0.15, 0.2) is 5.78 Å². The summed E-state index contributed by atoms with van der Waals surface area (Å²) in [6.07, 6.45) is 4.06. The molecule has 202 valence electrons.